The molecule has 1 unspecified atom stereocenters. The topological polar surface area (TPSA) is 18.5 Å². The zero-order chi connectivity index (χ0) is 16.9. The van der Waals surface area contributed by atoms with Gasteiger partial charge in [-0.05, 0) is 41.3 Å². The summed E-state index contributed by atoms with van der Waals surface area (Å²) < 4.78 is 11.0. The Morgan fingerprint density at radius 2 is 1.17 bits per heavy atom. The van der Waals surface area contributed by atoms with Gasteiger partial charge in [0, 0.05) is 0 Å². The number of ether oxygens (including phenoxy) is 2. The molecule has 0 aliphatic carbocycles. The van der Waals surface area contributed by atoms with Crippen molar-refractivity contribution in [1.29, 1.82) is 0 Å². The van der Waals surface area contributed by atoms with Gasteiger partial charge in [-0.25, -0.2) is 0 Å². The second kappa shape index (κ2) is 7.79. The van der Waals surface area contributed by atoms with Gasteiger partial charge in [-0.1, -0.05) is 60.7 Å². The summed E-state index contributed by atoms with van der Waals surface area (Å²) in [5.41, 5.74) is 0. The van der Waals surface area contributed by atoms with E-state index in [4.69, 9.17) is 9.47 Å². The first-order chi connectivity index (χ1) is 11.7. The van der Waals surface area contributed by atoms with Crippen LogP contribution in [-0.4, -0.2) is 14.2 Å². The molecule has 4 heteroatoms. The van der Waals surface area contributed by atoms with E-state index in [0.717, 1.165) is 16.8 Å². The summed E-state index contributed by atoms with van der Waals surface area (Å²) in [7, 11) is 5.52. The van der Waals surface area contributed by atoms with Gasteiger partial charge in [0.15, 0.2) is 11.5 Å². The van der Waals surface area contributed by atoms with Crippen LogP contribution in [0, 0.1) is 0 Å². The van der Waals surface area contributed by atoms with Gasteiger partial charge in [0.1, 0.15) is 0 Å². The molecular weight excluding hydrogens is 334 g/mol. The minimum atomic E-state index is -0.663. The molecule has 0 aromatic heterocycles. The Morgan fingerprint density at radius 1 is 0.708 bits per heavy atom. The Morgan fingerprint density at radius 3 is 1.62 bits per heavy atom. The highest BCUT2D eigenvalue weighted by atomic mass is 31.1. The van der Waals surface area contributed by atoms with Crippen molar-refractivity contribution in [3.05, 3.63) is 72.8 Å². The van der Waals surface area contributed by atoms with Gasteiger partial charge in [0.2, 0.25) is 0 Å². The predicted molar refractivity (Wildman–Crippen MR) is 108 cm³/mol. The van der Waals surface area contributed by atoms with E-state index in [0.29, 0.717) is 0 Å². The van der Waals surface area contributed by atoms with Crippen LogP contribution in [0.25, 0.3) is 0 Å². The van der Waals surface area contributed by atoms with Crippen molar-refractivity contribution in [2.75, 3.05) is 14.2 Å². The molecule has 3 aromatic carbocycles. The Kier molecular flexibility index (Phi) is 5.51. The average Bonchev–Trinajstić information content (AvgIpc) is 2.64. The van der Waals surface area contributed by atoms with Gasteiger partial charge >= 0.3 is 0 Å². The average molecular weight is 354 g/mol. The molecule has 0 bridgehead atoms. The van der Waals surface area contributed by atoms with Crippen LogP contribution in [0.4, 0.5) is 0 Å². The van der Waals surface area contributed by atoms with E-state index in [2.05, 4.69) is 76.0 Å². The summed E-state index contributed by atoms with van der Waals surface area (Å²) >= 11 is 0. The first-order valence-electron chi connectivity index (χ1n) is 7.66. The first-order valence-corrected chi connectivity index (χ1v) is 9.58. The Bertz CT molecular complexity index is 765. The van der Waals surface area contributed by atoms with Crippen LogP contribution in [0.15, 0.2) is 72.8 Å². The third-order valence-electron chi connectivity index (χ3n) is 3.80. The van der Waals surface area contributed by atoms with E-state index in [9.17, 15) is 0 Å². The summed E-state index contributed by atoms with van der Waals surface area (Å²) in [5.74, 6) is 1.51. The summed E-state index contributed by atoms with van der Waals surface area (Å²) in [6.45, 7) is 0. The molecule has 0 aliphatic heterocycles. The van der Waals surface area contributed by atoms with E-state index < -0.39 is 7.92 Å². The quantitative estimate of drug-likeness (QED) is 0.656. The van der Waals surface area contributed by atoms with E-state index in [-0.39, 0.29) is 0 Å². The highest BCUT2D eigenvalue weighted by molar-refractivity contribution is 7.80. The van der Waals surface area contributed by atoms with E-state index in [1.54, 1.807) is 14.2 Å². The zero-order valence-corrected chi connectivity index (χ0v) is 15.8. The van der Waals surface area contributed by atoms with Crippen molar-refractivity contribution in [3.63, 3.8) is 0 Å². The van der Waals surface area contributed by atoms with E-state index >= 15 is 0 Å². The zero-order valence-electron chi connectivity index (χ0n) is 13.8. The van der Waals surface area contributed by atoms with Crippen LogP contribution < -0.4 is 30.7 Å². The third kappa shape index (κ3) is 3.46. The molecule has 0 saturated heterocycles. The number of rotatable bonds is 5. The standard InChI is InChI=1S/C20H20O2P2/c1-21-17-13-19(23)20(14-18(17)22-2)24(15-9-5-3-6-10-15)16-11-7-4-8-12-16/h3-14H,23H2,1-2H3. The molecule has 122 valence electrons. The second-order valence-corrected chi connectivity index (χ2v) is 8.08. The second-order valence-electron chi connectivity index (χ2n) is 5.27. The van der Waals surface area contributed by atoms with Gasteiger partial charge in [-0.2, -0.15) is 0 Å². The predicted octanol–water partition coefficient (Wildman–Crippen LogP) is 2.96. The van der Waals surface area contributed by atoms with Gasteiger partial charge in [-0.3, -0.25) is 0 Å². The molecular formula is C20H20O2P2. The fourth-order valence-corrected chi connectivity index (χ4v) is 5.65. The lowest BCUT2D eigenvalue weighted by Gasteiger charge is -2.22. The van der Waals surface area contributed by atoms with Crippen LogP contribution in [0.2, 0.25) is 0 Å². The third-order valence-corrected chi connectivity index (χ3v) is 7.02. The lowest BCUT2D eigenvalue weighted by molar-refractivity contribution is 0.355. The number of benzene rings is 3. The van der Waals surface area contributed by atoms with Crippen LogP contribution in [0.5, 0.6) is 11.5 Å². The highest BCUT2D eigenvalue weighted by Gasteiger charge is 2.20. The maximum atomic E-state index is 5.53. The molecule has 0 amide bonds. The smallest absolute Gasteiger partial charge is 0.161 e. The number of hydrogen-bond acceptors (Lipinski definition) is 2. The normalized spacial score (nSPS) is 10.7. The maximum absolute atomic E-state index is 5.53. The van der Waals surface area contributed by atoms with Crippen molar-refractivity contribution >= 4 is 38.4 Å². The van der Waals surface area contributed by atoms with E-state index in [1.165, 1.54) is 15.9 Å². The maximum Gasteiger partial charge on any atom is 0.161 e. The minimum absolute atomic E-state index is 0.663. The van der Waals surface area contributed by atoms with E-state index in [1.807, 2.05) is 6.07 Å². The van der Waals surface area contributed by atoms with Crippen LogP contribution >= 0.6 is 17.2 Å². The Hall–Kier alpha value is -1.88. The van der Waals surface area contributed by atoms with Crippen molar-refractivity contribution in [1.82, 2.24) is 0 Å². The molecule has 3 rings (SSSR count). The highest BCUT2D eigenvalue weighted by Crippen LogP contribution is 2.36. The fraction of sp³-hybridized carbons (Fsp3) is 0.100. The van der Waals surface area contributed by atoms with Crippen molar-refractivity contribution in [2.45, 2.75) is 0 Å². The Labute approximate surface area is 146 Å². The van der Waals surface area contributed by atoms with Gasteiger partial charge in [0.05, 0.1) is 14.2 Å². The molecule has 0 saturated carbocycles. The van der Waals surface area contributed by atoms with Crippen molar-refractivity contribution in [3.8, 4) is 11.5 Å². The van der Waals surface area contributed by atoms with Gasteiger partial charge < -0.3 is 9.47 Å². The molecule has 3 aromatic rings. The lowest BCUT2D eigenvalue weighted by atomic mass is 10.3. The molecule has 1 atom stereocenters. The SMILES string of the molecule is COc1cc(P)c(P(c2ccccc2)c2ccccc2)cc1OC. The number of hydrogen-bond donors (Lipinski definition) is 0. The summed E-state index contributed by atoms with van der Waals surface area (Å²) in [6, 6.07) is 25.4. The van der Waals surface area contributed by atoms with Crippen molar-refractivity contribution < 1.29 is 9.47 Å². The fourth-order valence-electron chi connectivity index (χ4n) is 2.66. The first kappa shape index (κ1) is 17.0. The van der Waals surface area contributed by atoms with Crippen LogP contribution in [0.1, 0.15) is 0 Å². The van der Waals surface area contributed by atoms with Crippen molar-refractivity contribution in [2.24, 2.45) is 0 Å². The molecule has 2 nitrogen and oxygen atoms in total. The largest absolute Gasteiger partial charge is 0.493 e. The molecule has 0 fully saturated rings. The molecule has 24 heavy (non-hydrogen) atoms. The van der Waals surface area contributed by atoms with Gasteiger partial charge in [0.25, 0.3) is 0 Å². The molecule has 0 aliphatic rings. The van der Waals surface area contributed by atoms with Crippen LogP contribution in [-0.2, 0) is 0 Å². The summed E-state index contributed by atoms with van der Waals surface area (Å²) in [5, 5.41) is 5.01. The van der Waals surface area contributed by atoms with Crippen LogP contribution in [0.3, 0.4) is 0 Å². The minimum Gasteiger partial charge on any atom is -0.493 e. The summed E-state index contributed by atoms with van der Waals surface area (Å²) in [4.78, 5) is 0. The Balaban J connectivity index is 2.20. The monoisotopic (exact) mass is 354 g/mol. The molecule has 0 N–H and O–H groups in total. The molecule has 0 radical (unpaired) electrons. The molecule has 0 heterocycles. The summed E-state index contributed by atoms with van der Waals surface area (Å²) in [6.07, 6.45) is 0. The van der Waals surface area contributed by atoms with Gasteiger partial charge in [-0.15, -0.1) is 9.24 Å². The lowest BCUT2D eigenvalue weighted by Crippen LogP contribution is -2.28. The molecule has 0 spiro atoms. The number of methoxy groups -OCH3 is 2.